The first-order chi connectivity index (χ1) is 9.97. The van der Waals surface area contributed by atoms with Crippen LogP contribution < -0.4 is 11.1 Å². The Morgan fingerprint density at radius 1 is 1.33 bits per heavy atom. The number of nitrogens with zero attached hydrogens (tertiary/aromatic N) is 3. The molecule has 7 nitrogen and oxygen atoms in total. The van der Waals surface area contributed by atoms with Crippen LogP contribution >= 0.6 is 0 Å². The molecule has 1 saturated carbocycles. The number of aryl methyl sites for hydroxylation is 1. The number of nitrogen functional groups attached to an aromatic ring is 1. The van der Waals surface area contributed by atoms with Gasteiger partial charge in [0.25, 0.3) is 0 Å². The molecular weight excluding hydrogens is 270 g/mol. The Morgan fingerprint density at radius 3 is 2.62 bits per heavy atom. The molecule has 0 saturated heterocycles. The van der Waals surface area contributed by atoms with Crippen molar-refractivity contribution in [2.45, 2.75) is 46.0 Å². The van der Waals surface area contributed by atoms with Crippen molar-refractivity contribution in [2.24, 2.45) is 11.8 Å². The second kappa shape index (κ2) is 6.69. The molecule has 0 radical (unpaired) electrons. The van der Waals surface area contributed by atoms with Crippen LogP contribution in [0, 0.1) is 28.9 Å². The third-order valence-corrected chi connectivity index (χ3v) is 4.24. The molecule has 1 aliphatic rings. The van der Waals surface area contributed by atoms with E-state index >= 15 is 0 Å². The molecule has 1 fully saturated rings. The predicted octanol–water partition coefficient (Wildman–Crippen LogP) is 2.90. The molecule has 0 aliphatic heterocycles. The predicted molar refractivity (Wildman–Crippen MR) is 82.1 cm³/mol. The van der Waals surface area contributed by atoms with Crippen molar-refractivity contribution in [2.75, 3.05) is 17.6 Å². The Hall–Kier alpha value is -1.92. The van der Waals surface area contributed by atoms with Crippen molar-refractivity contribution in [1.82, 2.24) is 9.97 Å². The molecule has 0 unspecified atom stereocenters. The van der Waals surface area contributed by atoms with Crippen molar-refractivity contribution in [3.05, 3.63) is 15.8 Å². The van der Waals surface area contributed by atoms with Gasteiger partial charge in [-0.3, -0.25) is 10.1 Å². The summed E-state index contributed by atoms with van der Waals surface area (Å²) in [5.74, 6) is 1.83. The van der Waals surface area contributed by atoms with Gasteiger partial charge in [-0.1, -0.05) is 32.6 Å². The zero-order valence-corrected chi connectivity index (χ0v) is 12.6. The number of nitrogens with two attached hydrogens (primary N) is 1. The molecule has 3 N–H and O–H groups in total. The molecule has 21 heavy (non-hydrogen) atoms. The topological polar surface area (TPSA) is 107 Å². The third-order valence-electron chi connectivity index (χ3n) is 4.24. The van der Waals surface area contributed by atoms with Gasteiger partial charge in [0.15, 0.2) is 0 Å². The molecule has 0 atom stereocenters. The highest BCUT2D eigenvalue weighted by Gasteiger charge is 2.22. The van der Waals surface area contributed by atoms with Crippen LogP contribution in [0.15, 0.2) is 0 Å². The maximum atomic E-state index is 11.1. The van der Waals surface area contributed by atoms with Crippen LogP contribution in [-0.2, 0) is 0 Å². The van der Waals surface area contributed by atoms with E-state index in [1.165, 1.54) is 25.7 Å². The zero-order valence-electron chi connectivity index (χ0n) is 12.6. The maximum absolute atomic E-state index is 11.1. The Morgan fingerprint density at radius 2 is 2.00 bits per heavy atom. The summed E-state index contributed by atoms with van der Waals surface area (Å²) in [7, 11) is 0. The molecule has 2 rings (SSSR count). The van der Waals surface area contributed by atoms with E-state index in [0.717, 1.165) is 12.3 Å². The summed E-state index contributed by atoms with van der Waals surface area (Å²) in [6.07, 6.45) is 6.06. The molecule has 1 aromatic heterocycles. The van der Waals surface area contributed by atoms with Crippen molar-refractivity contribution in [3.8, 4) is 0 Å². The van der Waals surface area contributed by atoms with E-state index in [0.29, 0.717) is 18.2 Å². The van der Waals surface area contributed by atoms with Crippen LogP contribution in [0.3, 0.4) is 0 Å². The molecule has 1 heterocycles. The van der Waals surface area contributed by atoms with Crippen LogP contribution in [0.4, 0.5) is 17.5 Å². The number of nitro groups is 1. The highest BCUT2D eigenvalue weighted by atomic mass is 16.6. The average molecular weight is 293 g/mol. The van der Waals surface area contributed by atoms with E-state index in [9.17, 15) is 10.1 Å². The van der Waals surface area contributed by atoms with Crippen LogP contribution in [0.2, 0.25) is 0 Å². The summed E-state index contributed by atoms with van der Waals surface area (Å²) >= 11 is 0. The van der Waals surface area contributed by atoms with Crippen LogP contribution in [0.5, 0.6) is 0 Å². The number of anilines is 2. The summed E-state index contributed by atoms with van der Waals surface area (Å²) < 4.78 is 0. The smallest absolute Gasteiger partial charge is 0.332 e. The van der Waals surface area contributed by atoms with Crippen molar-refractivity contribution >= 4 is 17.5 Å². The number of rotatable bonds is 5. The van der Waals surface area contributed by atoms with Crippen LogP contribution in [0.1, 0.15) is 44.7 Å². The van der Waals surface area contributed by atoms with Gasteiger partial charge in [-0.25, -0.2) is 4.98 Å². The first-order valence-corrected chi connectivity index (χ1v) is 7.49. The lowest BCUT2D eigenvalue weighted by Crippen LogP contribution is -2.17. The normalized spacial score (nSPS) is 22.0. The lowest BCUT2D eigenvalue weighted by Gasteiger charge is -2.26. The number of hydrogen-bond donors (Lipinski definition) is 2. The number of hydrogen-bond acceptors (Lipinski definition) is 6. The summed E-state index contributed by atoms with van der Waals surface area (Å²) in [5.41, 5.74) is 5.78. The van der Waals surface area contributed by atoms with Crippen molar-refractivity contribution < 1.29 is 4.92 Å². The number of nitrogens with one attached hydrogen (secondary N) is 1. The fourth-order valence-corrected chi connectivity index (χ4v) is 2.94. The first-order valence-electron chi connectivity index (χ1n) is 7.49. The minimum absolute atomic E-state index is 0.0621. The van der Waals surface area contributed by atoms with E-state index in [1.807, 2.05) is 0 Å². The van der Waals surface area contributed by atoms with Crippen molar-refractivity contribution in [1.29, 1.82) is 0 Å². The Bertz CT molecular complexity index is 512. The van der Waals surface area contributed by atoms with Gasteiger partial charge in [0.2, 0.25) is 11.8 Å². The largest absolute Gasteiger partial charge is 0.368 e. The first kappa shape index (κ1) is 15.5. The van der Waals surface area contributed by atoms with Gasteiger partial charge < -0.3 is 11.1 Å². The standard InChI is InChI=1S/C14H23N5O2/c1-9-3-5-11(6-4-9)7-8-16-13-12(19(20)21)10(2)17-14(15)18-13/h9,11H,3-8H2,1-2H3,(H3,15,16,17,18). The molecule has 0 amide bonds. The van der Waals surface area contributed by atoms with Gasteiger partial charge in [-0.05, 0) is 25.2 Å². The van der Waals surface area contributed by atoms with E-state index in [1.54, 1.807) is 6.92 Å². The SMILES string of the molecule is Cc1nc(N)nc(NCCC2CCC(C)CC2)c1[N+](=O)[O-]. The molecule has 0 spiro atoms. The molecule has 116 valence electrons. The minimum Gasteiger partial charge on any atom is -0.368 e. The summed E-state index contributed by atoms with van der Waals surface area (Å²) in [4.78, 5) is 18.5. The van der Waals surface area contributed by atoms with E-state index < -0.39 is 4.92 Å². The average Bonchev–Trinajstić information content (AvgIpc) is 2.39. The van der Waals surface area contributed by atoms with Gasteiger partial charge in [-0.2, -0.15) is 4.98 Å². The molecule has 0 aromatic carbocycles. The fourth-order valence-electron chi connectivity index (χ4n) is 2.94. The lowest BCUT2D eigenvalue weighted by atomic mass is 9.81. The van der Waals surface area contributed by atoms with Gasteiger partial charge >= 0.3 is 5.69 Å². The van der Waals surface area contributed by atoms with E-state index in [4.69, 9.17) is 5.73 Å². The molecule has 1 aromatic rings. The summed E-state index contributed by atoms with van der Waals surface area (Å²) in [6.45, 7) is 4.55. The quantitative estimate of drug-likeness (QED) is 0.638. The molecule has 7 heteroatoms. The number of aromatic nitrogens is 2. The Kier molecular flexibility index (Phi) is 4.93. The van der Waals surface area contributed by atoms with Crippen molar-refractivity contribution in [3.63, 3.8) is 0 Å². The van der Waals surface area contributed by atoms with E-state index in [-0.39, 0.29) is 17.5 Å². The van der Waals surface area contributed by atoms with Crippen LogP contribution in [0.25, 0.3) is 0 Å². The second-order valence-electron chi connectivity index (χ2n) is 5.96. The van der Waals surface area contributed by atoms with Gasteiger partial charge in [0, 0.05) is 6.54 Å². The molecule has 1 aliphatic carbocycles. The third kappa shape index (κ3) is 4.03. The Labute approximate surface area is 124 Å². The van der Waals surface area contributed by atoms with E-state index in [2.05, 4.69) is 22.2 Å². The maximum Gasteiger partial charge on any atom is 0.332 e. The monoisotopic (exact) mass is 293 g/mol. The zero-order chi connectivity index (χ0) is 15.4. The van der Waals surface area contributed by atoms with Gasteiger partial charge in [-0.15, -0.1) is 0 Å². The van der Waals surface area contributed by atoms with Gasteiger partial charge in [0.1, 0.15) is 5.69 Å². The summed E-state index contributed by atoms with van der Waals surface area (Å²) in [6, 6.07) is 0. The highest BCUT2D eigenvalue weighted by Crippen LogP contribution is 2.31. The lowest BCUT2D eigenvalue weighted by molar-refractivity contribution is -0.385. The van der Waals surface area contributed by atoms with Crippen LogP contribution in [-0.4, -0.2) is 21.4 Å². The minimum atomic E-state index is -0.459. The fraction of sp³-hybridized carbons (Fsp3) is 0.714. The molecule has 0 bridgehead atoms. The summed E-state index contributed by atoms with van der Waals surface area (Å²) in [5, 5.41) is 14.2. The second-order valence-corrected chi connectivity index (χ2v) is 5.96. The van der Waals surface area contributed by atoms with Gasteiger partial charge in [0.05, 0.1) is 4.92 Å². The Balaban J connectivity index is 1.95. The highest BCUT2D eigenvalue weighted by molar-refractivity contribution is 5.60. The molecular formula is C14H23N5O2.